The second-order valence-electron chi connectivity index (χ2n) is 11.4. The number of nitrogens with one attached hydrogen (secondary N) is 2. The van der Waals surface area contributed by atoms with Crippen LogP contribution in [0, 0.1) is 11.7 Å². The summed E-state index contributed by atoms with van der Waals surface area (Å²) in [6.07, 6.45) is 1.89. The monoisotopic (exact) mass is 616 g/mol. The van der Waals surface area contributed by atoms with Gasteiger partial charge in [0.15, 0.2) is 11.5 Å². The fourth-order valence-corrected chi connectivity index (χ4v) is 5.57. The number of rotatable bonds is 9. The highest BCUT2D eigenvalue weighted by Crippen LogP contribution is 2.35. The lowest BCUT2D eigenvalue weighted by Gasteiger charge is -2.27. The number of carboxylic acids is 1. The van der Waals surface area contributed by atoms with Crippen LogP contribution in [0.1, 0.15) is 58.0 Å². The molecule has 1 unspecified atom stereocenters. The van der Waals surface area contributed by atoms with Crippen LogP contribution < -0.4 is 25.0 Å². The van der Waals surface area contributed by atoms with Crippen molar-refractivity contribution in [3.05, 3.63) is 83.2 Å². The Hall–Kier alpha value is -5.13. The van der Waals surface area contributed by atoms with Crippen LogP contribution in [0.15, 0.2) is 60.7 Å². The van der Waals surface area contributed by atoms with Gasteiger partial charge in [-0.1, -0.05) is 12.1 Å². The number of nitrogens with zero attached hydrogens (tertiary/aromatic N) is 2. The molecule has 3 amide bonds. The van der Waals surface area contributed by atoms with Gasteiger partial charge in [-0.05, 0) is 73.4 Å². The van der Waals surface area contributed by atoms with E-state index in [1.54, 1.807) is 41.3 Å². The highest BCUT2D eigenvalue weighted by molar-refractivity contribution is 6.01. The molecule has 0 radical (unpaired) electrons. The molecule has 3 N–H and O–H groups in total. The Bertz CT molecular complexity index is 1630. The van der Waals surface area contributed by atoms with Gasteiger partial charge in [-0.25, -0.2) is 4.39 Å². The highest BCUT2D eigenvalue weighted by atomic mass is 19.1. The minimum Gasteiger partial charge on any atom is -0.481 e. The van der Waals surface area contributed by atoms with Crippen molar-refractivity contribution in [2.45, 2.75) is 31.7 Å². The molecule has 45 heavy (non-hydrogen) atoms. The Morgan fingerprint density at radius 3 is 2.40 bits per heavy atom. The molecule has 3 aliphatic rings. The first-order valence-electron chi connectivity index (χ1n) is 14.9. The average molecular weight is 617 g/mol. The maximum absolute atomic E-state index is 13.5. The summed E-state index contributed by atoms with van der Waals surface area (Å²) in [5.41, 5.74) is 2.39. The maximum atomic E-state index is 13.5. The van der Waals surface area contributed by atoms with E-state index in [1.165, 1.54) is 24.3 Å². The van der Waals surface area contributed by atoms with Gasteiger partial charge in [-0.2, -0.15) is 0 Å². The molecule has 2 fully saturated rings. The number of benzene rings is 3. The predicted molar refractivity (Wildman–Crippen MR) is 162 cm³/mol. The van der Waals surface area contributed by atoms with E-state index in [0.29, 0.717) is 60.9 Å². The smallest absolute Gasteiger partial charge is 0.305 e. The van der Waals surface area contributed by atoms with Crippen molar-refractivity contribution in [3.63, 3.8) is 0 Å². The molecule has 2 aliphatic heterocycles. The Morgan fingerprint density at radius 1 is 0.889 bits per heavy atom. The van der Waals surface area contributed by atoms with Crippen LogP contribution in [0.2, 0.25) is 0 Å². The molecule has 2 heterocycles. The number of carboxylic acid groups (broad SMARTS) is 1. The minimum atomic E-state index is -1.12. The number of fused-ring (bicyclic) bond motifs is 1. The Morgan fingerprint density at radius 2 is 1.64 bits per heavy atom. The van der Waals surface area contributed by atoms with Crippen LogP contribution in [0.4, 0.5) is 15.8 Å². The number of hydrogen-bond donors (Lipinski definition) is 3. The first kappa shape index (κ1) is 29.9. The maximum Gasteiger partial charge on any atom is 0.305 e. The molecule has 6 rings (SSSR count). The van der Waals surface area contributed by atoms with Crippen LogP contribution in [0.3, 0.4) is 0 Å². The molecule has 1 atom stereocenters. The van der Waals surface area contributed by atoms with Gasteiger partial charge in [0.25, 0.3) is 11.8 Å². The number of hydrogen-bond acceptors (Lipinski definition) is 7. The summed E-state index contributed by atoms with van der Waals surface area (Å²) in [5, 5.41) is 15.2. The summed E-state index contributed by atoms with van der Waals surface area (Å²) < 4.78 is 24.3. The molecule has 234 valence electrons. The van der Waals surface area contributed by atoms with E-state index in [2.05, 4.69) is 15.5 Å². The van der Waals surface area contributed by atoms with Crippen LogP contribution in [-0.2, 0) is 9.59 Å². The van der Waals surface area contributed by atoms with Crippen LogP contribution in [0.25, 0.3) is 0 Å². The van der Waals surface area contributed by atoms with Crippen molar-refractivity contribution < 1.29 is 38.1 Å². The Labute approximate surface area is 258 Å². The SMILES string of the molecule is O=C(O)CC(NC(=O)c1ccc(N2CCCN(C(=O)c3ccc4c(c3)OCO4)CC2)c(NC(=O)C2CC2)c1)c1ccc(F)cc1. The summed E-state index contributed by atoms with van der Waals surface area (Å²) in [7, 11) is 0. The average Bonchev–Trinajstić information content (AvgIpc) is 3.82. The molecule has 0 bridgehead atoms. The number of amides is 3. The van der Waals surface area contributed by atoms with E-state index in [4.69, 9.17) is 9.47 Å². The second-order valence-corrected chi connectivity index (χ2v) is 11.4. The molecule has 0 spiro atoms. The summed E-state index contributed by atoms with van der Waals surface area (Å²) in [5.74, 6) is -1.28. The van der Waals surface area contributed by atoms with Gasteiger partial charge in [-0.15, -0.1) is 0 Å². The van der Waals surface area contributed by atoms with Gasteiger partial charge < -0.3 is 35.0 Å². The van der Waals surface area contributed by atoms with Crippen molar-refractivity contribution in [2.24, 2.45) is 5.92 Å². The lowest BCUT2D eigenvalue weighted by Crippen LogP contribution is -2.35. The number of carbonyl (C=O) groups is 4. The molecule has 1 aliphatic carbocycles. The zero-order chi connectivity index (χ0) is 31.5. The molecule has 12 heteroatoms. The lowest BCUT2D eigenvalue weighted by atomic mass is 10.0. The molecular formula is C33H33FN4O7. The largest absolute Gasteiger partial charge is 0.481 e. The normalized spacial score (nSPS) is 16.5. The van der Waals surface area contributed by atoms with Crippen molar-refractivity contribution >= 4 is 35.1 Å². The minimum absolute atomic E-state index is 0.0762. The molecule has 3 aromatic rings. The van der Waals surface area contributed by atoms with E-state index in [1.807, 2.05) is 0 Å². The van der Waals surface area contributed by atoms with Crippen molar-refractivity contribution in [1.82, 2.24) is 10.2 Å². The van der Waals surface area contributed by atoms with Gasteiger partial charge >= 0.3 is 5.97 Å². The number of carbonyl (C=O) groups excluding carboxylic acids is 3. The zero-order valence-electron chi connectivity index (χ0n) is 24.5. The van der Waals surface area contributed by atoms with E-state index in [9.17, 15) is 28.7 Å². The molecule has 1 saturated heterocycles. The summed E-state index contributed by atoms with van der Waals surface area (Å²) >= 11 is 0. The van der Waals surface area contributed by atoms with E-state index >= 15 is 0 Å². The molecule has 1 saturated carbocycles. The third-order valence-electron chi connectivity index (χ3n) is 8.16. The first-order chi connectivity index (χ1) is 21.7. The van der Waals surface area contributed by atoms with Crippen LogP contribution >= 0.6 is 0 Å². The van der Waals surface area contributed by atoms with E-state index < -0.39 is 30.2 Å². The molecule has 0 aromatic heterocycles. The van der Waals surface area contributed by atoms with Crippen molar-refractivity contribution in [2.75, 3.05) is 43.2 Å². The van der Waals surface area contributed by atoms with Crippen molar-refractivity contribution in [1.29, 1.82) is 0 Å². The summed E-state index contributed by atoms with van der Waals surface area (Å²) in [4.78, 5) is 55.0. The standard InChI is InChI=1S/C33H33FN4O7/c34-24-8-4-20(5-9-24)25(18-30(39)40)35-32(42)22-6-10-27(26(16-22)36-31(41)21-2-3-21)37-12-1-13-38(15-14-37)33(43)23-7-11-28-29(17-23)45-19-44-28/h4-11,16-17,21,25H,1-3,12-15,18-19H2,(H,35,42)(H,36,41)(H,39,40). The Kier molecular flexibility index (Phi) is 8.54. The fourth-order valence-electron chi connectivity index (χ4n) is 5.57. The first-order valence-corrected chi connectivity index (χ1v) is 14.9. The van der Waals surface area contributed by atoms with E-state index in [-0.39, 0.29) is 30.1 Å². The quantitative estimate of drug-likeness (QED) is 0.325. The summed E-state index contributed by atoms with van der Waals surface area (Å²) in [6, 6.07) is 14.5. The van der Waals surface area contributed by atoms with Gasteiger partial charge in [0.05, 0.1) is 23.8 Å². The highest BCUT2D eigenvalue weighted by Gasteiger charge is 2.31. The number of aliphatic carboxylic acids is 1. The molecule has 11 nitrogen and oxygen atoms in total. The predicted octanol–water partition coefficient (Wildman–Crippen LogP) is 4.20. The third-order valence-corrected chi connectivity index (χ3v) is 8.16. The van der Waals surface area contributed by atoms with Gasteiger partial charge in [-0.3, -0.25) is 19.2 Å². The lowest BCUT2D eigenvalue weighted by molar-refractivity contribution is -0.137. The third kappa shape index (κ3) is 7.00. The fraction of sp³-hybridized carbons (Fsp3) is 0.333. The molecule has 3 aromatic carbocycles. The number of ether oxygens (including phenoxy) is 2. The molecular weight excluding hydrogens is 583 g/mol. The second kappa shape index (κ2) is 12.8. The number of halogens is 1. The Balaban J connectivity index is 1.20. The topological polar surface area (TPSA) is 138 Å². The van der Waals surface area contributed by atoms with Gasteiger partial charge in [0.2, 0.25) is 12.7 Å². The van der Waals surface area contributed by atoms with E-state index in [0.717, 1.165) is 18.5 Å². The summed E-state index contributed by atoms with van der Waals surface area (Å²) in [6.45, 7) is 2.23. The van der Waals surface area contributed by atoms with Gasteiger partial charge in [0.1, 0.15) is 5.82 Å². The van der Waals surface area contributed by atoms with Crippen molar-refractivity contribution in [3.8, 4) is 11.5 Å². The van der Waals surface area contributed by atoms with Gasteiger partial charge in [0, 0.05) is 43.2 Å². The van der Waals surface area contributed by atoms with Crippen LogP contribution in [0.5, 0.6) is 11.5 Å². The zero-order valence-corrected chi connectivity index (χ0v) is 24.5. The van der Waals surface area contributed by atoms with Crippen LogP contribution in [-0.4, -0.2) is 66.7 Å². The number of anilines is 2.